The van der Waals surface area contributed by atoms with Gasteiger partial charge in [-0.2, -0.15) is 17.6 Å². The summed E-state index contributed by atoms with van der Waals surface area (Å²) in [5, 5.41) is 2.36. The minimum absolute atomic E-state index is 0.000512. The van der Waals surface area contributed by atoms with Gasteiger partial charge in [0.1, 0.15) is 11.8 Å². The molecule has 184 valence electrons. The molecule has 34 heavy (non-hydrogen) atoms. The number of methoxy groups -OCH3 is 2. The molecule has 1 N–H and O–H groups in total. The van der Waals surface area contributed by atoms with Gasteiger partial charge in [-0.3, -0.25) is 4.79 Å². The number of amides is 1. The molecule has 2 aromatic rings. The first-order chi connectivity index (χ1) is 16.3. The lowest BCUT2D eigenvalue weighted by Crippen LogP contribution is -2.47. The quantitative estimate of drug-likeness (QED) is 0.500. The Labute approximate surface area is 192 Å². The molecule has 0 spiro atoms. The number of rotatable bonds is 5. The number of benzene rings is 1. The van der Waals surface area contributed by atoms with Crippen molar-refractivity contribution in [3.63, 3.8) is 0 Å². The summed E-state index contributed by atoms with van der Waals surface area (Å²) in [7, 11) is 2.09. The Morgan fingerprint density at radius 3 is 2.53 bits per heavy atom. The fourth-order valence-electron chi connectivity index (χ4n) is 3.91. The number of anilines is 1. The fourth-order valence-corrected chi connectivity index (χ4v) is 3.91. The third-order valence-electron chi connectivity index (χ3n) is 5.92. The minimum atomic E-state index is -4.94. The van der Waals surface area contributed by atoms with Gasteiger partial charge < -0.3 is 19.5 Å². The Morgan fingerprint density at radius 1 is 1.26 bits per heavy atom. The topological polar surface area (TPSA) is 86.8 Å². The van der Waals surface area contributed by atoms with Crippen LogP contribution in [0.5, 0.6) is 5.75 Å². The molecule has 1 aliphatic rings. The van der Waals surface area contributed by atoms with E-state index in [0.717, 1.165) is 40.2 Å². The van der Waals surface area contributed by atoms with Crippen molar-refractivity contribution in [1.29, 1.82) is 0 Å². The first kappa shape index (κ1) is 23.9. The molecule has 4 unspecified atom stereocenters. The van der Waals surface area contributed by atoms with Crippen molar-refractivity contribution < 1.29 is 47.1 Å². The van der Waals surface area contributed by atoms with E-state index in [1.165, 1.54) is 12.3 Å². The van der Waals surface area contributed by atoms with Crippen LogP contribution < -0.4 is 10.1 Å². The van der Waals surface area contributed by atoms with Crippen LogP contribution in [0, 0.1) is 17.6 Å². The van der Waals surface area contributed by atoms with E-state index >= 15 is 0 Å². The van der Waals surface area contributed by atoms with Gasteiger partial charge in [-0.1, -0.05) is 13.0 Å². The molecule has 0 bridgehead atoms. The molecule has 1 aromatic carbocycles. The van der Waals surface area contributed by atoms with E-state index in [-0.39, 0.29) is 16.9 Å². The third kappa shape index (κ3) is 4.29. The average Bonchev–Trinajstić information content (AvgIpc) is 3.08. The number of ether oxygens (including phenoxy) is 3. The number of alkyl halides is 3. The van der Waals surface area contributed by atoms with E-state index in [1.54, 1.807) is 0 Å². The summed E-state index contributed by atoms with van der Waals surface area (Å²) in [6.07, 6.45) is -5.63. The van der Waals surface area contributed by atoms with Gasteiger partial charge in [0.25, 0.3) is 5.91 Å². The minimum Gasteiger partial charge on any atom is -0.493 e. The Hall–Kier alpha value is -3.28. The lowest BCUT2D eigenvalue weighted by Gasteiger charge is -2.32. The van der Waals surface area contributed by atoms with Crippen molar-refractivity contribution in [3.8, 4) is 5.75 Å². The van der Waals surface area contributed by atoms with Crippen LogP contribution in [-0.4, -0.2) is 49.0 Å². The van der Waals surface area contributed by atoms with Crippen LogP contribution in [0.3, 0.4) is 0 Å². The van der Waals surface area contributed by atoms with Crippen molar-refractivity contribution in [2.75, 3.05) is 19.5 Å². The van der Waals surface area contributed by atoms with Crippen molar-refractivity contribution in [1.82, 2.24) is 4.98 Å². The summed E-state index contributed by atoms with van der Waals surface area (Å²) < 4.78 is 92.9. The Kier molecular flexibility index (Phi) is 6.43. The molecule has 0 radical (unpaired) electrons. The summed E-state index contributed by atoms with van der Waals surface area (Å²) in [4.78, 5) is 28.6. The summed E-state index contributed by atoms with van der Waals surface area (Å²) >= 11 is 0. The van der Waals surface area contributed by atoms with Crippen LogP contribution in [0.1, 0.15) is 37.2 Å². The molecule has 1 aliphatic heterocycles. The van der Waals surface area contributed by atoms with Crippen molar-refractivity contribution >= 4 is 17.6 Å². The van der Waals surface area contributed by atoms with Gasteiger partial charge in [-0.05, 0) is 25.1 Å². The van der Waals surface area contributed by atoms with Gasteiger partial charge in [0.2, 0.25) is 5.82 Å². The van der Waals surface area contributed by atoms with Gasteiger partial charge in [0.15, 0.2) is 17.2 Å². The summed E-state index contributed by atoms with van der Waals surface area (Å²) in [5.41, 5.74) is -3.36. The smallest absolute Gasteiger partial charge is 0.417 e. The van der Waals surface area contributed by atoms with Crippen molar-refractivity contribution in [2.45, 2.75) is 37.6 Å². The maximum absolute atomic E-state index is 14.5. The zero-order chi connectivity index (χ0) is 26.3. The standard InChI is InChI=1S/C22H21F5N2O5/c1-10-15(12-5-6-13(23)16(24)17(12)32-3)18(34-21(10,2)22(25,26)27)19(30)29-11-7-8-28-14(9-11)20(31)33-4/h5-10,15,18H,1-4H3,(H,28,29,30)/i6D. The van der Waals surface area contributed by atoms with Gasteiger partial charge in [0, 0.05) is 29.3 Å². The van der Waals surface area contributed by atoms with Crippen molar-refractivity contribution in [3.05, 3.63) is 53.3 Å². The molecule has 4 atom stereocenters. The normalized spacial score (nSPS) is 25.0. The Morgan fingerprint density at radius 2 is 1.94 bits per heavy atom. The summed E-state index contributed by atoms with van der Waals surface area (Å²) in [6.45, 7) is 1.89. The molecule has 0 saturated carbocycles. The van der Waals surface area contributed by atoms with Crippen LogP contribution in [0.15, 0.2) is 30.4 Å². The Bertz CT molecular complexity index is 1160. The predicted molar refractivity (Wildman–Crippen MR) is 108 cm³/mol. The largest absolute Gasteiger partial charge is 0.493 e. The molecule has 2 heterocycles. The molecule has 1 amide bonds. The highest BCUT2D eigenvalue weighted by molar-refractivity contribution is 5.96. The second-order valence-corrected chi connectivity index (χ2v) is 7.77. The number of nitrogens with one attached hydrogen (secondary N) is 1. The number of aromatic nitrogens is 1. The van der Waals surface area contributed by atoms with Crippen LogP contribution >= 0.6 is 0 Å². The second-order valence-electron chi connectivity index (χ2n) is 7.77. The summed E-state index contributed by atoms with van der Waals surface area (Å²) in [5.74, 6) is -8.71. The van der Waals surface area contributed by atoms with Crippen LogP contribution in [0.2, 0.25) is 0 Å². The van der Waals surface area contributed by atoms with Gasteiger partial charge >= 0.3 is 12.1 Å². The number of hydrogen-bond donors (Lipinski definition) is 1. The highest BCUT2D eigenvalue weighted by Crippen LogP contribution is 2.55. The molecule has 1 aromatic heterocycles. The lowest BCUT2D eigenvalue weighted by atomic mass is 9.77. The number of pyridine rings is 1. The maximum atomic E-state index is 14.5. The molecule has 12 heteroatoms. The number of nitrogens with zero attached hydrogens (tertiary/aromatic N) is 1. The maximum Gasteiger partial charge on any atom is 0.417 e. The first-order valence-corrected chi connectivity index (χ1v) is 9.89. The van der Waals surface area contributed by atoms with Crippen molar-refractivity contribution in [2.24, 2.45) is 5.92 Å². The number of esters is 1. The average molecular weight is 489 g/mol. The van der Waals surface area contributed by atoms with E-state index in [0.29, 0.717) is 0 Å². The monoisotopic (exact) mass is 489 g/mol. The van der Waals surface area contributed by atoms with Gasteiger partial charge in [-0.25, -0.2) is 14.2 Å². The number of hydrogen-bond acceptors (Lipinski definition) is 6. The lowest BCUT2D eigenvalue weighted by molar-refractivity contribution is -0.272. The van der Waals surface area contributed by atoms with E-state index in [9.17, 15) is 31.5 Å². The molecule has 7 nitrogen and oxygen atoms in total. The highest BCUT2D eigenvalue weighted by Gasteiger charge is 2.65. The fraction of sp³-hybridized carbons (Fsp3) is 0.409. The number of carbonyl (C=O) groups excluding carboxylic acids is 2. The zero-order valence-electron chi connectivity index (χ0n) is 19.4. The van der Waals surface area contributed by atoms with Crippen LogP contribution in [-0.2, 0) is 14.3 Å². The predicted octanol–water partition coefficient (Wildman–Crippen LogP) is 4.23. The zero-order valence-corrected chi connectivity index (χ0v) is 18.4. The number of carbonyl (C=O) groups is 2. The third-order valence-corrected chi connectivity index (χ3v) is 5.92. The number of halogens is 5. The van der Waals surface area contributed by atoms with Gasteiger partial charge in [-0.15, -0.1) is 0 Å². The molecule has 1 saturated heterocycles. The second kappa shape index (κ2) is 9.16. The Balaban J connectivity index is 2.10. The molecule has 1 fully saturated rings. The van der Waals surface area contributed by atoms with Crippen LogP contribution in [0.4, 0.5) is 27.6 Å². The van der Waals surface area contributed by atoms with Crippen LogP contribution in [0.25, 0.3) is 0 Å². The van der Waals surface area contributed by atoms with Gasteiger partial charge in [0.05, 0.1) is 15.6 Å². The molecule has 0 aliphatic carbocycles. The summed E-state index contributed by atoms with van der Waals surface area (Å²) in [6, 6.07) is 2.30. The van der Waals surface area contributed by atoms with E-state index in [1.807, 2.05) is 0 Å². The molecular formula is C22H21F5N2O5. The SMILES string of the molecule is [2H]c1cc(C2C(C(=O)Nc3ccnc(C(=O)OC)c3)OC(C)(C(F)(F)F)C2C)c(OC)c(F)c1F. The first-order valence-electron chi connectivity index (χ1n) is 10.4. The van der Waals surface area contributed by atoms with E-state index in [2.05, 4.69) is 15.0 Å². The highest BCUT2D eigenvalue weighted by atomic mass is 19.4. The van der Waals surface area contributed by atoms with E-state index in [4.69, 9.17) is 10.8 Å². The van der Waals surface area contributed by atoms with E-state index < -0.39 is 65.0 Å². The molecular weight excluding hydrogens is 467 g/mol. The molecule has 3 rings (SSSR count).